The van der Waals surface area contributed by atoms with Crippen molar-refractivity contribution in [2.75, 3.05) is 34.5 Å². The summed E-state index contributed by atoms with van der Waals surface area (Å²) in [6.07, 6.45) is 4.57. The Morgan fingerprint density at radius 2 is 2.04 bits per heavy atom. The fraction of sp³-hybridized carbons (Fsp3) is 0.591. The van der Waals surface area contributed by atoms with E-state index >= 15 is 0 Å². The number of aliphatic imine (C=N–C) groups is 1. The third-order valence-electron chi connectivity index (χ3n) is 7.92. The number of fused-ring (bicyclic) bond motifs is 2. The van der Waals surface area contributed by atoms with E-state index in [-0.39, 0.29) is 5.41 Å². The number of hydrogen-bond acceptors (Lipinski definition) is 6. The van der Waals surface area contributed by atoms with Crippen molar-refractivity contribution in [1.29, 1.82) is 0 Å². The van der Waals surface area contributed by atoms with Gasteiger partial charge >= 0.3 is 0 Å². The fourth-order valence-electron chi connectivity index (χ4n) is 6.79. The molecule has 1 aromatic rings. The molecule has 0 radical (unpaired) electrons. The molecule has 1 unspecified atom stereocenters. The van der Waals surface area contributed by atoms with E-state index in [0.29, 0.717) is 41.2 Å². The topological polar surface area (TPSA) is 52.5 Å². The van der Waals surface area contributed by atoms with Crippen LogP contribution in [0.5, 0.6) is 17.2 Å². The highest BCUT2D eigenvalue weighted by Crippen LogP contribution is 2.65. The van der Waals surface area contributed by atoms with Crippen molar-refractivity contribution in [3.63, 3.8) is 0 Å². The molecule has 6 nitrogen and oxygen atoms in total. The third-order valence-corrected chi connectivity index (χ3v) is 7.92. The number of hydrogen-bond donors (Lipinski definition) is 0. The Kier molecular flexibility index (Phi) is 3.25. The van der Waals surface area contributed by atoms with Crippen molar-refractivity contribution in [2.24, 2.45) is 16.8 Å². The molecule has 28 heavy (non-hydrogen) atoms. The van der Waals surface area contributed by atoms with Crippen molar-refractivity contribution >= 4 is 11.6 Å². The van der Waals surface area contributed by atoms with Gasteiger partial charge in [0, 0.05) is 30.1 Å². The Bertz CT molecular complexity index is 939. The standard InChI is InChI=1S/C22H26N2O4/c1-5-11-9-24-15-8-22-14-7-16(25-2)19(26-3)20(27-4)18(14)23-21(22)28-10-13(15)12(11)6-17(22)24/h5,7,12-13,15,17H,6,8-10H2,1-4H3/b11-5-/t12-,13-,15-,17-,22+/m0/s1. The zero-order valence-corrected chi connectivity index (χ0v) is 16.8. The summed E-state index contributed by atoms with van der Waals surface area (Å²) < 4.78 is 23.4. The monoisotopic (exact) mass is 382 g/mol. The normalized spacial score (nSPS) is 39.9. The van der Waals surface area contributed by atoms with Crippen LogP contribution in [-0.2, 0) is 10.2 Å². The first-order valence-electron chi connectivity index (χ1n) is 10.1. The van der Waals surface area contributed by atoms with Crippen molar-refractivity contribution in [3.8, 4) is 17.2 Å². The van der Waals surface area contributed by atoms with Crippen LogP contribution in [0.1, 0.15) is 25.3 Å². The van der Waals surface area contributed by atoms with Gasteiger partial charge in [-0.15, -0.1) is 0 Å². The molecule has 0 aromatic heterocycles. The maximum Gasteiger partial charge on any atom is 0.205 e. The lowest BCUT2D eigenvalue weighted by atomic mass is 9.68. The van der Waals surface area contributed by atoms with E-state index in [0.717, 1.165) is 31.2 Å². The van der Waals surface area contributed by atoms with E-state index in [1.54, 1.807) is 26.9 Å². The van der Waals surface area contributed by atoms with Crippen LogP contribution < -0.4 is 14.2 Å². The quantitative estimate of drug-likeness (QED) is 0.752. The molecule has 148 valence electrons. The molecule has 5 fully saturated rings. The van der Waals surface area contributed by atoms with Gasteiger partial charge in [0.05, 0.1) is 33.4 Å². The molecule has 5 saturated heterocycles. The Balaban J connectivity index is 1.59. The van der Waals surface area contributed by atoms with E-state index in [2.05, 4.69) is 24.0 Å². The molecule has 6 aliphatic rings. The maximum absolute atomic E-state index is 6.42. The molecule has 1 aromatic carbocycles. The SMILES string of the molecule is C/C=C1/CN2[C@H]3C[C@@H]1[C@@H]1COC4=Nc5c(cc(OC)c(OC)c5OC)[C@@]43C[C@@H]12. The molecule has 6 aliphatic heterocycles. The summed E-state index contributed by atoms with van der Waals surface area (Å²) in [5.74, 6) is 4.01. The Morgan fingerprint density at radius 3 is 2.75 bits per heavy atom. The van der Waals surface area contributed by atoms with Gasteiger partial charge in [0.2, 0.25) is 11.6 Å². The minimum absolute atomic E-state index is 0.199. The number of benzene rings is 1. The first-order chi connectivity index (χ1) is 13.7. The summed E-state index contributed by atoms with van der Waals surface area (Å²) in [5, 5.41) is 0. The summed E-state index contributed by atoms with van der Waals surface area (Å²) in [5.41, 5.74) is 3.42. The van der Waals surface area contributed by atoms with Gasteiger partial charge in [-0.25, -0.2) is 4.99 Å². The molecule has 6 heterocycles. The van der Waals surface area contributed by atoms with Crippen LogP contribution in [0.2, 0.25) is 0 Å². The number of rotatable bonds is 3. The lowest BCUT2D eigenvalue weighted by molar-refractivity contribution is -0.0150. The molecular weight excluding hydrogens is 356 g/mol. The highest BCUT2D eigenvalue weighted by atomic mass is 16.5. The van der Waals surface area contributed by atoms with E-state index in [1.807, 2.05) is 0 Å². The third kappa shape index (κ3) is 1.68. The molecule has 0 N–H and O–H groups in total. The van der Waals surface area contributed by atoms with Crippen LogP contribution in [0.25, 0.3) is 0 Å². The second kappa shape index (κ2) is 5.44. The van der Waals surface area contributed by atoms with Crippen LogP contribution in [0, 0.1) is 11.8 Å². The molecule has 6 atom stereocenters. The van der Waals surface area contributed by atoms with Gasteiger partial charge in [-0.1, -0.05) is 11.6 Å². The molecule has 0 saturated carbocycles. The van der Waals surface area contributed by atoms with E-state index in [9.17, 15) is 0 Å². The van der Waals surface area contributed by atoms with Gasteiger partial charge in [0.25, 0.3) is 0 Å². The highest BCUT2D eigenvalue weighted by molar-refractivity contribution is 6.00. The van der Waals surface area contributed by atoms with Crippen LogP contribution in [0.3, 0.4) is 0 Å². The Hall–Kier alpha value is -2.21. The second-order valence-corrected chi connectivity index (χ2v) is 8.57. The lowest BCUT2D eigenvalue weighted by Gasteiger charge is -2.54. The predicted molar refractivity (Wildman–Crippen MR) is 105 cm³/mol. The van der Waals surface area contributed by atoms with E-state index in [4.69, 9.17) is 23.9 Å². The summed E-state index contributed by atoms with van der Waals surface area (Å²) in [6.45, 7) is 4.01. The minimum Gasteiger partial charge on any atom is -0.493 e. The Labute approximate surface area is 165 Å². The first-order valence-corrected chi connectivity index (χ1v) is 10.1. The van der Waals surface area contributed by atoms with Crippen molar-refractivity contribution in [3.05, 3.63) is 23.3 Å². The lowest BCUT2D eigenvalue weighted by Crippen LogP contribution is -2.61. The van der Waals surface area contributed by atoms with Crippen LogP contribution >= 0.6 is 0 Å². The van der Waals surface area contributed by atoms with Crippen molar-refractivity contribution < 1.29 is 18.9 Å². The Morgan fingerprint density at radius 1 is 1.21 bits per heavy atom. The molecule has 5 bridgehead atoms. The van der Waals surface area contributed by atoms with E-state index in [1.165, 1.54) is 12.0 Å². The molecule has 7 rings (SSSR count). The van der Waals surface area contributed by atoms with Crippen LogP contribution in [0.4, 0.5) is 5.69 Å². The van der Waals surface area contributed by atoms with Crippen LogP contribution in [0.15, 0.2) is 22.7 Å². The van der Waals surface area contributed by atoms with Gasteiger partial charge in [-0.3, -0.25) is 4.90 Å². The second-order valence-electron chi connectivity index (χ2n) is 8.57. The maximum atomic E-state index is 6.42. The zero-order valence-electron chi connectivity index (χ0n) is 16.8. The summed E-state index contributed by atoms with van der Waals surface area (Å²) >= 11 is 0. The van der Waals surface area contributed by atoms with Crippen molar-refractivity contribution in [2.45, 2.75) is 37.3 Å². The number of piperidine rings is 3. The minimum atomic E-state index is -0.199. The molecule has 0 aliphatic carbocycles. The number of allylic oxidation sites excluding steroid dienone is 1. The highest BCUT2D eigenvalue weighted by Gasteiger charge is 2.69. The summed E-state index contributed by atoms with van der Waals surface area (Å²) in [7, 11) is 4.98. The molecular formula is C22H26N2O4. The zero-order chi connectivity index (χ0) is 19.2. The van der Waals surface area contributed by atoms with Gasteiger partial charge in [-0.05, 0) is 31.7 Å². The van der Waals surface area contributed by atoms with Crippen LogP contribution in [-0.4, -0.2) is 57.4 Å². The average Bonchev–Trinajstić information content (AvgIpc) is 3.08. The largest absolute Gasteiger partial charge is 0.493 e. The van der Waals surface area contributed by atoms with E-state index < -0.39 is 0 Å². The fourth-order valence-corrected chi connectivity index (χ4v) is 6.79. The smallest absolute Gasteiger partial charge is 0.205 e. The van der Waals surface area contributed by atoms with Crippen molar-refractivity contribution in [1.82, 2.24) is 4.90 Å². The first kappa shape index (κ1) is 16.7. The molecule has 0 amide bonds. The van der Waals surface area contributed by atoms with Gasteiger partial charge in [0.15, 0.2) is 11.5 Å². The number of methoxy groups -OCH3 is 3. The predicted octanol–water partition coefficient (Wildman–Crippen LogP) is 3.06. The molecule has 1 spiro atoms. The van der Waals surface area contributed by atoms with Gasteiger partial charge < -0.3 is 18.9 Å². The summed E-state index contributed by atoms with van der Waals surface area (Å²) in [4.78, 5) is 7.72. The number of nitrogens with zero attached hydrogens (tertiary/aromatic N) is 2. The van der Waals surface area contributed by atoms with Gasteiger partial charge in [0.1, 0.15) is 5.69 Å². The van der Waals surface area contributed by atoms with Gasteiger partial charge in [-0.2, -0.15) is 0 Å². The molecule has 6 heteroatoms. The number of ether oxygens (including phenoxy) is 4. The average molecular weight is 382 g/mol. The summed E-state index contributed by atoms with van der Waals surface area (Å²) in [6, 6.07) is 3.10.